The van der Waals surface area contributed by atoms with Crippen molar-refractivity contribution in [2.75, 3.05) is 19.7 Å². The lowest BCUT2D eigenvalue weighted by Gasteiger charge is -2.24. The van der Waals surface area contributed by atoms with Crippen LogP contribution in [0.15, 0.2) is 42.6 Å². The molecule has 0 saturated carbocycles. The standard InChI is InChI=1S/C25H25N3OS.C2H6/c1-2-29-23-11-8-17(14-18(23)15-26)25-27-16-24(30-25)21-7-5-6-20-19(21)9-10-22(20)28-12-3-4-13-28;1-2/h5-8,11,14,16,22H,2-4,9-10,12-13H2,1H3;1-2H3. The van der Waals surface area contributed by atoms with Crippen molar-refractivity contribution in [3.05, 3.63) is 59.3 Å². The van der Waals surface area contributed by atoms with Crippen LogP contribution in [0.4, 0.5) is 0 Å². The summed E-state index contributed by atoms with van der Waals surface area (Å²) in [6.07, 6.45) is 7.01. The molecule has 1 saturated heterocycles. The summed E-state index contributed by atoms with van der Waals surface area (Å²) < 4.78 is 5.55. The van der Waals surface area contributed by atoms with E-state index in [0.717, 1.165) is 17.0 Å². The molecular formula is C27H31N3OS. The summed E-state index contributed by atoms with van der Waals surface area (Å²) in [5.74, 6) is 0.634. The second kappa shape index (κ2) is 10.3. The van der Waals surface area contributed by atoms with Crippen molar-refractivity contribution < 1.29 is 4.74 Å². The van der Waals surface area contributed by atoms with E-state index in [1.54, 1.807) is 11.3 Å². The zero-order valence-electron chi connectivity index (χ0n) is 19.2. The molecule has 1 aliphatic heterocycles. The Balaban J connectivity index is 0.00000119. The molecule has 2 heterocycles. The first-order chi connectivity index (χ1) is 15.8. The Labute approximate surface area is 195 Å². The van der Waals surface area contributed by atoms with Gasteiger partial charge in [-0.3, -0.25) is 4.90 Å². The highest BCUT2D eigenvalue weighted by Crippen LogP contribution is 2.43. The number of ether oxygens (including phenoxy) is 1. The summed E-state index contributed by atoms with van der Waals surface area (Å²) in [5.41, 5.74) is 5.85. The van der Waals surface area contributed by atoms with Crippen LogP contribution in [0, 0.1) is 11.3 Å². The van der Waals surface area contributed by atoms with Gasteiger partial charge >= 0.3 is 0 Å². The molecule has 1 aliphatic carbocycles. The molecule has 32 heavy (non-hydrogen) atoms. The molecule has 5 heteroatoms. The lowest BCUT2D eigenvalue weighted by molar-refractivity contribution is 0.245. The van der Waals surface area contributed by atoms with E-state index in [1.807, 2.05) is 45.2 Å². The fourth-order valence-corrected chi connectivity index (χ4v) is 5.82. The lowest BCUT2D eigenvalue weighted by Crippen LogP contribution is -2.23. The molecular weight excluding hydrogens is 414 g/mol. The summed E-state index contributed by atoms with van der Waals surface area (Å²) >= 11 is 1.70. The molecule has 0 bridgehead atoms. The maximum Gasteiger partial charge on any atom is 0.137 e. The van der Waals surface area contributed by atoms with E-state index in [0.29, 0.717) is 24.0 Å². The molecule has 4 nitrogen and oxygen atoms in total. The summed E-state index contributed by atoms with van der Waals surface area (Å²) in [7, 11) is 0. The summed E-state index contributed by atoms with van der Waals surface area (Å²) in [4.78, 5) is 8.56. The Hall–Kier alpha value is -2.68. The predicted molar refractivity (Wildman–Crippen MR) is 132 cm³/mol. The number of benzene rings is 2. The molecule has 0 amide bonds. The number of nitriles is 1. The maximum absolute atomic E-state index is 9.47. The normalized spacial score (nSPS) is 17.4. The van der Waals surface area contributed by atoms with E-state index in [-0.39, 0.29) is 0 Å². The number of aromatic nitrogens is 1. The highest BCUT2D eigenvalue weighted by Gasteiger charge is 2.31. The largest absolute Gasteiger partial charge is 0.492 e. The molecule has 166 valence electrons. The molecule has 1 unspecified atom stereocenters. The van der Waals surface area contributed by atoms with Crippen LogP contribution >= 0.6 is 11.3 Å². The van der Waals surface area contributed by atoms with Crippen molar-refractivity contribution in [1.29, 1.82) is 5.26 Å². The molecule has 0 radical (unpaired) electrons. The van der Waals surface area contributed by atoms with Gasteiger partial charge in [0.25, 0.3) is 0 Å². The number of thiazole rings is 1. The Kier molecular flexibility index (Phi) is 7.24. The minimum atomic E-state index is 0.549. The van der Waals surface area contributed by atoms with Crippen LogP contribution in [-0.4, -0.2) is 29.6 Å². The smallest absolute Gasteiger partial charge is 0.137 e. The second-order valence-electron chi connectivity index (χ2n) is 7.96. The van der Waals surface area contributed by atoms with Gasteiger partial charge in [0.1, 0.15) is 16.8 Å². The zero-order valence-corrected chi connectivity index (χ0v) is 20.0. The van der Waals surface area contributed by atoms with Gasteiger partial charge in [-0.15, -0.1) is 11.3 Å². The molecule has 2 aliphatic rings. The SMILES string of the molecule is CC.CCOc1ccc(-c2ncc(-c3cccc4c3CCC4N3CCCC3)s2)cc1C#N. The van der Waals surface area contributed by atoms with Crippen molar-refractivity contribution in [2.24, 2.45) is 0 Å². The van der Waals surface area contributed by atoms with Crippen LogP contribution in [-0.2, 0) is 6.42 Å². The number of nitrogens with zero attached hydrogens (tertiary/aromatic N) is 3. The number of rotatable bonds is 5. The van der Waals surface area contributed by atoms with Gasteiger partial charge in [-0.2, -0.15) is 5.26 Å². The molecule has 3 aromatic rings. The van der Waals surface area contributed by atoms with Crippen LogP contribution in [0.1, 0.15) is 62.8 Å². The van der Waals surface area contributed by atoms with Crippen LogP contribution in [0.25, 0.3) is 21.0 Å². The minimum absolute atomic E-state index is 0.549. The van der Waals surface area contributed by atoms with E-state index >= 15 is 0 Å². The fourth-order valence-electron chi connectivity index (χ4n) is 4.86. The first-order valence-corrected chi connectivity index (χ1v) is 12.6. The van der Waals surface area contributed by atoms with E-state index in [9.17, 15) is 5.26 Å². The molecule has 0 N–H and O–H groups in total. The van der Waals surface area contributed by atoms with Crippen LogP contribution in [0.3, 0.4) is 0 Å². The highest BCUT2D eigenvalue weighted by atomic mass is 32.1. The summed E-state index contributed by atoms with van der Waals surface area (Å²) in [6, 6.07) is 15.3. The number of hydrogen-bond acceptors (Lipinski definition) is 5. The highest BCUT2D eigenvalue weighted by molar-refractivity contribution is 7.18. The number of likely N-dealkylation sites (tertiary alicyclic amines) is 1. The molecule has 2 aromatic carbocycles. The van der Waals surface area contributed by atoms with Crippen LogP contribution < -0.4 is 4.74 Å². The Morgan fingerprint density at radius 1 is 1.19 bits per heavy atom. The summed E-state index contributed by atoms with van der Waals surface area (Å²) in [6.45, 7) is 8.94. The average Bonchev–Trinajstić information content (AvgIpc) is 3.61. The van der Waals surface area contributed by atoms with Crippen molar-refractivity contribution in [2.45, 2.75) is 52.5 Å². The van der Waals surface area contributed by atoms with Gasteiger partial charge in [0.05, 0.1) is 17.0 Å². The van der Waals surface area contributed by atoms with Crippen LogP contribution in [0.2, 0.25) is 0 Å². The molecule has 0 spiro atoms. The van der Waals surface area contributed by atoms with Gasteiger partial charge in [-0.05, 0) is 80.6 Å². The van der Waals surface area contributed by atoms with Crippen molar-refractivity contribution in [3.8, 4) is 32.8 Å². The van der Waals surface area contributed by atoms with E-state index in [1.165, 1.54) is 53.9 Å². The Bertz CT molecular complexity index is 1110. The van der Waals surface area contributed by atoms with Gasteiger partial charge < -0.3 is 4.74 Å². The second-order valence-corrected chi connectivity index (χ2v) is 8.99. The van der Waals surface area contributed by atoms with E-state index in [2.05, 4.69) is 29.2 Å². The minimum Gasteiger partial charge on any atom is -0.492 e. The van der Waals surface area contributed by atoms with Crippen molar-refractivity contribution >= 4 is 11.3 Å². The zero-order chi connectivity index (χ0) is 22.5. The summed E-state index contributed by atoms with van der Waals surface area (Å²) in [5, 5.41) is 10.4. The van der Waals surface area contributed by atoms with E-state index < -0.39 is 0 Å². The third-order valence-electron chi connectivity index (χ3n) is 6.24. The molecule has 5 rings (SSSR count). The van der Waals surface area contributed by atoms with E-state index in [4.69, 9.17) is 9.72 Å². The molecule has 1 aromatic heterocycles. The van der Waals surface area contributed by atoms with Gasteiger partial charge in [-0.1, -0.05) is 32.0 Å². The molecule has 1 atom stereocenters. The topological polar surface area (TPSA) is 49.1 Å². The first-order valence-electron chi connectivity index (χ1n) is 11.8. The van der Waals surface area contributed by atoms with Crippen molar-refractivity contribution in [1.82, 2.24) is 9.88 Å². The average molecular weight is 446 g/mol. The third kappa shape index (κ3) is 4.30. The number of fused-ring (bicyclic) bond motifs is 1. The Morgan fingerprint density at radius 3 is 2.75 bits per heavy atom. The Morgan fingerprint density at radius 2 is 2.00 bits per heavy atom. The van der Waals surface area contributed by atoms with Gasteiger partial charge in [-0.25, -0.2) is 4.98 Å². The van der Waals surface area contributed by atoms with Crippen LogP contribution in [0.5, 0.6) is 5.75 Å². The maximum atomic E-state index is 9.47. The predicted octanol–water partition coefficient (Wildman–Crippen LogP) is 6.86. The fraction of sp³-hybridized carbons (Fsp3) is 0.407. The van der Waals surface area contributed by atoms with Gasteiger partial charge in [0.15, 0.2) is 0 Å². The van der Waals surface area contributed by atoms with Gasteiger partial charge in [0, 0.05) is 17.8 Å². The third-order valence-corrected chi connectivity index (χ3v) is 7.32. The monoisotopic (exact) mass is 445 g/mol. The van der Waals surface area contributed by atoms with Gasteiger partial charge in [0.2, 0.25) is 0 Å². The number of hydrogen-bond donors (Lipinski definition) is 0. The quantitative estimate of drug-likeness (QED) is 0.430. The lowest BCUT2D eigenvalue weighted by atomic mass is 10.0. The first kappa shape index (κ1) is 22.5. The van der Waals surface area contributed by atoms with Crippen molar-refractivity contribution in [3.63, 3.8) is 0 Å². The molecule has 1 fully saturated rings.